The van der Waals surface area contributed by atoms with Crippen molar-refractivity contribution >= 4 is 0 Å². The molecule has 0 amide bonds. The lowest BCUT2D eigenvalue weighted by Gasteiger charge is -2.02. The third-order valence-electron chi connectivity index (χ3n) is 2.41. The van der Waals surface area contributed by atoms with Crippen molar-refractivity contribution in [3.05, 3.63) is 47.3 Å². The molecular weight excluding hydrogens is 200 g/mol. The fourth-order valence-electron chi connectivity index (χ4n) is 1.52. The van der Waals surface area contributed by atoms with Gasteiger partial charge in [-0.05, 0) is 12.5 Å². The second-order valence-electron chi connectivity index (χ2n) is 3.97. The first-order valence-electron chi connectivity index (χ1n) is 5.35. The van der Waals surface area contributed by atoms with Crippen molar-refractivity contribution in [3.63, 3.8) is 0 Å². The van der Waals surface area contributed by atoms with E-state index in [-0.39, 0.29) is 0 Å². The average molecular weight is 216 g/mol. The Hall–Kier alpha value is -1.68. The largest absolute Gasteiger partial charge is 0.307 e. The second kappa shape index (κ2) is 4.90. The van der Waals surface area contributed by atoms with Crippen LogP contribution >= 0.6 is 0 Å². The first-order valence-corrected chi connectivity index (χ1v) is 5.35. The molecule has 1 heterocycles. The second-order valence-corrected chi connectivity index (χ2v) is 3.97. The van der Waals surface area contributed by atoms with Crippen LogP contribution in [0.4, 0.5) is 0 Å². The van der Waals surface area contributed by atoms with Gasteiger partial charge in [-0.3, -0.25) is 4.68 Å². The molecule has 0 saturated carbocycles. The van der Waals surface area contributed by atoms with E-state index < -0.39 is 0 Å². The SMILES string of the molecule is Cc1ccc(CNCc2cn(C)nn2)cc1. The quantitative estimate of drug-likeness (QED) is 0.840. The Morgan fingerprint density at radius 3 is 2.56 bits per heavy atom. The number of rotatable bonds is 4. The topological polar surface area (TPSA) is 42.7 Å². The molecule has 0 saturated heterocycles. The van der Waals surface area contributed by atoms with Gasteiger partial charge < -0.3 is 5.32 Å². The van der Waals surface area contributed by atoms with Crippen LogP contribution in [0.15, 0.2) is 30.5 Å². The van der Waals surface area contributed by atoms with Gasteiger partial charge in [-0.2, -0.15) is 0 Å². The Labute approximate surface area is 95.3 Å². The highest BCUT2D eigenvalue weighted by Crippen LogP contribution is 2.02. The van der Waals surface area contributed by atoms with Crippen molar-refractivity contribution in [2.75, 3.05) is 0 Å². The number of aryl methyl sites for hydroxylation is 2. The molecule has 2 aromatic rings. The third-order valence-corrected chi connectivity index (χ3v) is 2.41. The van der Waals surface area contributed by atoms with Crippen LogP contribution in [0.25, 0.3) is 0 Å². The third kappa shape index (κ3) is 2.90. The van der Waals surface area contributed by atoms with E-state index in [2.05, 4.69) is 46.8 Å². The average Bonchev–Trinajstić information content (AvgIpc) is 2.67. The Kier molecular flexibility index (Phi) is 3.31. The molecule has 0 bridgehead atoms. The molecule has 0 aliphatic rings. The molecule has 2 rings (SSSR count). The zero-order valence-corrected chi connectivity index (χ0v) is 9.64. The van der Waals surface area contributed by atoms with Crippen LogP contribution in [0.3, 0.4) is 0 Å². The molecule has 4 nitrogen and oxygen atoms in total. The summed E-state index contributed by atoms with van der Waals surface area (Å²) in [4.78, 5) is 0. The van der Waals surface area contributed by atoms with E-state index in [1.807, 2.05) is 13.2 Å². The van der Waals surface area contributed by atoms with Crippen LogP contribution in [-0.4, -0.2) is 15.0 Å². The highest BCUT2D eigenvalue weighted by molar-refractivity contribution is 5.21. The minimum Gasteiger partial charge on any atom is -0.307 e. The summed E-state index contributed by atoms with van der Waals surface area (Å²) in [5.41, 5.74) is 3.54. The van der Waals surface area contributed by atoms with Crippen molar-refractivity contribution < 1.29 is 0 Å². The highest BCUT2D eigenvalue weighted by Gasteiger charge is 1.97. The van der Waals surface area contributed by atoms with Gasteiger partial charge in [0.15, 0.2) is 0 Å². The number of nitrogens with one attached hydrogen (secondary N) is 1. The molecule has 84 valence electrons. The molecule has 16 heavy (non-hydrogen) atoms. The summed E-state index contributed by atoms with van der Waals surface area (Å²) in [5, 5.41) is 11.2. The van der Waals surface area contributed by atoms with Gasteiger partial charge in [0.2, 0.25) is 0 Å². The Balaban J connectivity index is 1.82. The lowest BCUT2D eigenvalue weighted by atomic mass is 10.1. The molecule has 1 aromatic heterocycles. The van der Waals surface area contributed by atoms with Crippen molar-refractivity contribution in [2.24, 2.45) is 7.05 Å². The minimum atomic E-state index is 0.752. The molecule has 0 radical (unpaired) electrons. The molecule has 4 heteroatoms. The lowest BCUT2D eigenvalue weighted by molar-refractivity contribution is 0.674. The molecule has 1 N–H and O–H groups in total. The van der Waals surface area contributed by atoms with E-state index in [0.29, 0.717) is 0 Å². The van der Waals surface area contributed by atoms with Gasteiger partial charge in [0.1, 0.15) is 0 Å². The molecule has 0 aliphatic heterocycles. The van der Waals surface area contributed by atoms with Gasteiger partial charge in [0.25, 0.3) is 0 Å². The molecule has 1 aromatic carbocycles. The molecule has 0 aliphatic carbocycles. The van der Waals surface area contributed by atoms with E-state index in [1.54, 1.807) is 4.68 Å². The summed E-state index contributed by atoms with van der Waals surface area (Å²) in [7, 11) is 1.87. The molecular formula is C12H16N4. The van der Waals surface area contributed by atoms with E-state index in [0.717, 1.165) is 18.8 Å². The summed E-state index contributed by atoms with van der Waals surface area (Å²) in [5.74, 6) is 0. The van der Waals surface area contributed by atoms with Crippen LogP contribution in [0.5, 0.6) is 0 Å². The maximum Gasteiger partial charge on any atom is 0.0964 e. The van der Waals surface area contributed by atoms with Crippen LogP contribution in [-0.2, 0) is 20.1 Å². The lowest BCUT2D eigenvalue weighted by Crippen LogP contribution is -2.12. The van der Waals surface area contributed by atoms with Crippen LogP contribution in [0.2, 0.25) is 0 Å². The normalized spacial score (nSPS) is 10.6. The summed E-state index contributed by atoms with van der Waals surface area (Å²) in [6.45, 7) is 3.70. The first-order chi connectivity index (χ1) is 7.74. The summed E-state index contributed by atoms with van der Waals surface area (Å²) in [6, 6.07) is 8.52. The number of hydrogen-bond donors (Lipinski definition) is 1. The minimum absolute atomic E-state index is 0.752. The van der Waals surface area contributed by atoms with Gasteiger partial charge in [-0.15, -0.1) is 5.10 Å². The van der Waals surface area contributed by atoms with E-state index >= 15 is 0 Å². The number of nitrogens with zero attached hydrogens (tertiary/aromatic N) is 3. The summed E-state index contributed by atoms with van der Waals surface area (Å²) in [6.07, 6.45) is 1.92. The van der Waals surface area contributed by atoms with Gasteiger partial charge in [0, 0.05) is 26.3 Å². The fraction of sp³-hybridized carbons (Fsp3) is 0.333. The van der Waals surface area contributed by atoms with Crippen molar-refractivity contribution in [3.8, 4) is 0 Å². The van der Waals surface area contributed by atoms with Gasteiger partial charge in [0.05, 0.1) is 5.69 Å². The maximum atomic E-state index is 4.01. The van der Waals surface area contributed by atoms with Crippen LogP contribution in [0.1, 0.15) is 16.8 Å². The smallest absolute Gasteiger partial charge is 0.0964 e. The van der Waals surface area contributed by atoms with Gasteiger partial charge in [-0.25, -0.2) is 0 Å². The van der Waals surface area contributed by atoms with Crippen molar-refractivity contribution in [1.82, 2.24) is 20.3 Å². The number of hydrogen-bond acceptors (Lipinski definition) is 3. The van der Waals surface area contributed by atoms with Crippen molar-refractivity contribution in [1.29, 1.82) is 0 Å². The Morgan fingerprint density at radius 1 is 1.19 bits per heavy atom. The Morgan fingerprint density at radius 2 is 1.94 bits per heavy atom. The first kappa shape index (κ1) is 10.8. The van der Waals surface area contributed by atoms with Gasteiger partial charge in [-0.1, -0.05) is 35.0 Å². The predicted octanol–water partition coefficient (Wildman–Crippen LogP) is 1.41. The number of benzene rings is 1. The van der Waals surface area contributed by atoms with E-state index in [4.69, 9.17) is 0 Å². The molecule has 0 spiro atoms. The zero-order chi connectivity index (χ0) is 11.4. The fourth-order valence-corrected chi connectivity index (χ4v) is 1.52. The molecule has 0 atom stereocenters. The highest BCUT2D eigenvalue weighted by atomic mass is 15.4. The maximum absolute atomic E-state index is 4.01. The standard InChI is InChI=1S/C12H16N4/c1-10-3-5-11(6-4-10)7-13-8-12-9-16(2)15-14-12/h3-6,9,13H,7-8H2,1-2H3. The van der Waals surface area contributed by atoms with E-state index in [9.17, 15) is 0 Å². The molecule has 0 fully saturated rings. The molecule has 0 unspecified atom stereocenters. The summed E-state index contributed by atoms with van der Waals surface area (Å²) < 4.78 is 1.71. The van der Waals surface area contributed by atoms with Gasteiger partial charge >= 0.3 is 0 Å². The van der Waals surface area contributed by atoms with E-state index in [1.165, 1.54) is 11.1 Å². The van der Waals surface area contributed by atoms with Crippen LogP contribution in [0, 0.1) is 6.92 Å². The predicted molar refractivity (Wildman–Crippen MR) is 62.7 cm³/mol. The van der Waals surface area contributed by atoms with Crippen molar-refractivity contribution in [2.45, 2.75) is 20.0 Å². The summed E-state index contributed by atoms with van der Waals surface area (Å²) >= 11 is 0. The number of aromatic nitrogens is 3. The zero-order valence-electron chi connectivity index (χ0n) is 9.64. The van der Waals surface area contributed by atoms with Crippen LogP contribution < -0.4 is 5.32 Å². The Bertz CT molecular complexity index is 444. The monoisotopic (exact) mass is 216 g/mol.